The third-order valence-electron chi connectivity index (χ3n) is 4.62. The Morgan fingerprint density at radius 3 is 2.79 bits per heavy atom. The van der Waals surface area contributed by atoms with Gasteiger partial charge in [0.25, 0.3) is 0 Å². The SMILES string of the molecule is CCNC(=NCc1cc(C)cc(OC)c1)N1CCN(c2cnn(C)c2)C(=O)C1. The standard InChI is InChI=1S/C20H28N6O2/c1-5-21-20(22-11-16-8-15(2)9-18(10-16)28-4)25-6-7-26(19(27)14-25)17-12-23-24(3)13-17/h8-10,12-13H,5-7,11,14H2,1-4H3,(H,21,22). The number of aryl methyl sites for hydroxylation is 2. The Kier molecular flexibility index (Phi) is 6.18. The average Bonchev–Trinajstić information content (AvgIpc) is 3.10. The molecule has 1 aliphatic rings. The summed E-state index contributed by atoms with van der Waals surface area (Å²) < 4.78 is 7.05. The van der Waals surface area contributed by atoms with Crippen molar-refractivity contribution in [2.75, 3.05) is 38.2 Å². The van der Waals surface area contributed by atoms with E-state index < -0.39 is 0 Å². The van der Waals surface area contributed by atoms with E-state index in [0.717, 1.165) is 35.1 Å². The highest BCUT2D eigenvalue weighted by Gasteiger charge is 2.27. The number of aliphatic imine (C=N–C) groups is 1. The third kappa shape index (κ3) is 4.62. The maximum absolute atomic E-state index is 12.7. The summed E-state index contributed by atoms with van der Waals surface area (Å²) in [6.07, 6.45) is 3.58. The van der Waals surface area contributed by atoms with Gasteiger partial charge in [0.1, 0.15) is 12.3 Å². The van der Waals surface area contributed by atoms with Gasteiger partial charge in [-0.1, -0.05) is 6.07 Å². The fourth-order valence-corrected chi connectivity index (χ4v) is 3.30. The van der Waals surface area contributed by atoms with E-state index in [1.807, 2.05) is 44.1 Å². The lowest BCUT2D eigenvalue weighted by atomic mass is 10.1. The highest BCUT2D eigenvalue weighted by Crippen LogP contribution is 2.18. The summed E-state index contributed by atoms with van der Waals surface area (Å²) in [5, 5.41) is 7.46. The Morgan fingerprint density at radius 2 is 2.14 bits per heavy atom. The van der Waals surface area contributed by atoms with Crippen molar-refractivity contribution in [2.45, 2.75) is 20.4 Å². The van der Waals surface area contributed by atoms with Gasteiger partial charge in [0.05, 0.1) is 25.5 Å². The number of carbonyl (C=O) groups is 1. The van der Waals surface area contributed by atoms with E-state index in [-0.39, 0.29) is 12.5 Å². The summed E-state index contributed by atoms with van der Waals surface area (Å²) in [5.41, 5.74) is 3.04. The van der Waals surface area contributed by atoms with Crippen molar-refractivity contribution in [1.82, 2.24) is 20.0 Å². The van der Waals surface area contributed by atoms with Crippen molar-refractivity contribution < 1.29 is 9.53 Å². The van der Waals surface area contributed by atoms with Crippen LogP contribution >= 0.6 is 0 Å². The molecule has 8 heteroatoms. The van der Waals surface area contributed by atoms with Crippen molar-refractivity contribution in [3.63, 3.8) is 0 Å². The molecule has 1 amide bonds. The van der Waals surface area contributed by atoms with E-state index >= 15 is 0 Å². The van der Waals surface area contributed by atoms with E-state index in [1.165, 1.54) is 0 Å². The number of methoxy groups -OCH3 is 1. The third-order valence-corrected chi connectivity index (χ3v) is 4.62. The van der Waals surface area contributed by atoms with Crippen LogP contribution in [-0.2, 0) is 18.4 Å². The van der Waals surface area contributed by atoms with Gasteiger partial charge in [0.2, 0.25) is 5.91 Å². The second kappa shape index (κ2) is 8.77. The van der Waals surface area contributed by atoms with Crippen molar-refractivity contribution in [1.29, 1.82) is 0 Å². The van der Waals surface area contributed by atoms with Crippen LogP contribution in [-0.4, -0.2) is 59.8 Å². The zero-order valence-corrected chi connectivity index (χ0v) is 17.0. The number of nitrogens with zero attached hydrogens (tertiary/aromatic N) is 5. The number of carbonyl (C=O) groups excluding carboxylic acids is 1. The molecule has 1 aliphatic heterocycles. The fraction of sp³-hybridized carbons (Fsp3) is 0.450. The molecule has 28 heavy (non-hydrogen) atoms. The molecule has 150 valence electrons. The lowest BCUT2D eigenvalue weighted by Gasteiger charge is -2.35. The minimum atomic E-state index is 0.0436. The van der Waals surface area contributed by atoms with E-state index in [4.69, 9.17) is 9.73 Å². The predicted molar refractivity (Wildman–Crippen MR) is 110 cm³/mol. The topological polar surface area (TPSA) is 75.0 Å². The maximum atomic E-state index is 12.7. The van der Waals surface area contributed by atoms with E-state index in [2.05, 4.69) is 16.5 Å². The lowest BCUT2D eigenvalue weighted by molar-refractivity contribution is -0.120. The molecule has 0 aliphatic carbocycles. The van der Waals surface area contributed by atoms with Crippen LogP contribution in [0, 0.1) is 6.92 Å². The number of amides is 1. The van der Waals surface area contributed by atoms with Crippen LogP contribution < -0.4 is 15.0 Å². The van der Waals surface area contributed by atoms with Crippen LogP contribution in [0.5, 0.6) is 5.75 Å². The molecule has 3 rings (SSSR count). The van der Waals surface area contributed by atoms with Crippen LogP contribution in [0.1, 0.15) is 18.1 Å². The van der Waals surface area contributed by atoms with Crippen LogP contribution in [0.3, 0.4) is 0 Å². The first-order chi connectivity index (χ1) is 13.5. The van der Waals surface area contributed by atoms with E-state index in [0.29, 0.717) is 19.6 Å². The molecule has 1 saturated heterocycles. The van der Waals surface area contributed by atoms with E-state index in [9.17, 15) is 4.79 Å². The maximum Gasteiger partial charge on any atom is 0.246 e. The summed E-state index contributed by atoms with van der Waals surface area (Å²) in [7, 11) is 3.51. The predicted octanol–water partition coefficient (Wildman–Crippen LogP) is 1.55. The van der Waals surface area contributed by atoms with Crippen LogP contribution in [0.15, 0.2) is 35.6 Å². The zero-order valence-electron chi connectivity index (χ0n) is 17.0. The number of rotatable bonds is 5. The number of hydrogen-bond acceptors (Lipinski definition) is 4. The van der Waals surface area contributed by atoms with Gasteiger partial charge in [0, 0.05) is 32.9 Å². The largest absolute Gasteiger partial charge is 0.497 e. The number of nitrogens with one attached hydrogen (secondary N) is 1. The molecule has 0 spiro atoms. The van der Waals surface area contributed by atoms with Gasteiger partial charge in [-0.2, -0.15) is 5.10 Å². The van der Waals surface area contributed by atoms with Gasteiger partial charge in [-0.05, 0) is 37.1 Å². The molecule has 0 bridgehead atoms. The molecule has 1 N–H and O–H groups in total. The van der Waals surface area contributed by atoms with Gasteiger partial charge >= 0.3 is 0 Å². The number of hydrogen-bond donors (Lipinski definition) is 1. The highest BCUT2D eigenvalue weighted by atomic mass is 16.5. The van der Waals surface area contributed by atoms with Crippen LogP contribution in [0.2, 0.25) is 0 Å². The van der Waals surface area contributed by atoms with Crippen molar-refractivity contribution in [3.05, 3.63) is 41.7 Å². The molecular weight excluding hydrogens is 356 g/mol. The minimum absolute atomic E-state index is 0.0436. The van der Waals surface area contributed by atoms with Gasteiger partial charge in [0.15, 0.2) is 5.96 Å². The van der Waals surface area contributed by atoms with Crippen molar-refractivity contribution in [2.24, 2.45) is 12.0 Å². The summed E-state index contributed by atoms with van der Waals surface area (Å²) in [6.45, 7) is 6.94. The molecule has 2 heterocycles. The quantitative estimate of drug-likeness (QED) is 0.625. The highest BCUT2D eigenvalue weighted by molar-refractivity contribution is 5.98. The molecule has 1 aromatic heterocycles. The second-order valence-corrected chi connectivity index (χ2v) is 6.87. The minimum Gasteiger partial charge on any atom is -0.497 e. The average molecular weight is 384 g/mol. The summed E-state index contributed by atoms with van der Waals surface area (Å²) in [4.78, 5) is 21.2. The first kappa shape index (κ1) is 19.7. The van der Waals surface area contributed by atoms with Crippen molar-refractivity contribution >= 4 is 17.6 Å². The summed E-state index contributed by atoms with van der Waals surface area (Å²) in [5.74, 6) is 1.62. The Balaban J connectivity index is 1.71. The molecule has 2 aromatic rings. The Labute approximate surface area is 165 Å². The van der Waals surface area contributed by atoms with Crippen LogP contribution in [0.4, 0.5) is 5.69 Å². The normalized spacial score (nSPS) is 15.1. The number of guanidine groups is 1. The Morgan fingerprint density at radius 1 is 1.32 bits per heavy atom. The van der Waals surface area contributed by atoms with Crippen LogP contribution in [0.25, 0.3) is 0 Å². The van der Waals surface area contributed by atoms with Gasteiger partial charge in [-0.15, -0.1) is 0 Å². The number of ether oxygens (including phenoxy) is 1. The molecule has 0 atom stereocenters. The molecule has 0 unspecified atom stereocenters. The first-order valence-corrected chi connectivity index (χ1v) is 9.47. The first-order valence-electron chi connectivity index (χ1n) is 9.47. The summed E-state index contributed by atoms with van der Waals surface area (Å²) in [6, 6.07) is 6.08. The number of piperazine rings is 1. The van der Waals surface area contributed by atoms with Crippen molar-refractivity contribution in [3.8, 4) is 5.75 Å². The number of anilines is 1. The monoisotopic (exact) mass is 384 g/mol. The number of aromatic nitrogens is 2. The molecule has 1 aromatic carbocycles. The second-order valence-electron chi connectivity index (χ2n) is 6.87. The van der Waals surface area contributed by atoms with Gasteiger partial charge in [-0.25, -0.2) is 4.99 Å². The fourth-order valence-electron chi connectivity index (χ4n) is 3.30. The zero-order chi connectivity index (χ0) is 20.1. The van der Waals surface area contributed by atoms with E-state index in [1.54, 1.807) is 22.9 Å². The number of benzene rings is 1. The Hall–Kier alpha value is -3.03. The molecular formula is C20H28N6O2. The molecule has 0 radical (unpaired) electrons. The lowest BCUT2D eigenvalue weighted by Crippen LogP contribution is -2.55. The smallest absolute Gasteiger partial charge is 0.246 e. The molecule has 8 nitrogen and oxygen atoms in total. The summed E-state index contributed by atoms with van der Waals surface area (Å²) >= 11 is 0. The Bertz CT molecular complexity index is 860. The van der Waals surface area contributed by atoms with Gasteiger partial charge < -0.3 is 19.9 Å². The molecule has 1 fully saturated rings. The molecule has 0 saturated carbocycles. The van der Waals surface area contributed by atoms with Gasteiger partial charge in [-0.3, -0.25) is 9.48 Å².